The van der Waals surface area contributed by atoms with Gasteiger partial charge in [0.25, 0.3) is 0 Å². The number of fused-ring (bicyclic) bond motifs is 1. The summed E-state index contributed by atoms with van der Waals surface area (Å²) in [5.41, 5.74) is 2.01. The molecule has 1 aromatic heterocycles. The predicted molar refractivity (Wildman–Crippen MR) is 71.5 cm³/mol. The van der Waals surface area contributed by atoms with Gasteiger partial charge in [0.1, 0.15) is 0 Å². The number of tetrazole rings is 1. The third kappa shape index (κ3) is 2.37. The molecule has 0 bridgehead atoms. The second kappa shape index (κ2) is 4.84. The van der Waals surface area contributed by atoms with E-state index in [9.17, 15) is 8.42 Å². The Morgan fingerprint density at radius 2 is 2.25 bits per heavy atom. The van der Waals surface area contributed by atoms with Crippen LogP contribution in [0.1, 0.15) is 24.4 Å². The Hall–Kier alpha value is -2.00. The molecule has 0 saturated heterocycles. The Kier molecular flexibility index (Phi) is 3.14. The maximum atomic E-state index is 12.3. The van der Waals surface area contributed by atoms with E-state index in [-0.39, 0.29) is 4.90 Å². The van der Waals surface area contributed by atoms with Crippen LogP contribution in [0.5, 0.6) is 0 Å². The van der Waals surface area contributed by atoms with Crippen molar-refractivity contribution in [1.82, 2.24) is 25.3 Å². The van der Waals surface area contributed by atoms with E-state index >= 15 is 0 Å². The van der Waals surface area contributed by atoms with Gasteiger partial charge >= 0.3 is 0 Å². The molecule has 1 aromatic carbocycles. The average molecular weight is 294 g/mol. The largest absolute Gasteiger partial charge is 0.384 e. The van der Waals surface area contributed by atoms with E-state index in [2.05, 4.69) is 30.7 Å². The number of aromatic nitrogens is 4. The first-order chi connectivity index (χ1) is 9.56. The van der Waals surface area contributed by atoms with Crippen molar-refractivity contribution in [2.75, 3.05) is 11.9 Å². The minimum Gasteiger partial charge on any atom is -0.384 e. The van der Waals surface area contributed by atoms with Gasteiger partial charge in [-0.05, 0) is 37.1 Å². The van der Waals surface area contributed by atoms with Crippen LogP contribution in [0.2, 0.25) is 0 Å². The first-order valence-electron chi connectivity index (χ1n) is 6.19. The maximum absolute atomic E-state index is 12.3. The molecule has 9 heteroatoms. The van der Waals surface area contributed by atoms with E-state index in [1.54, 1.807) is 25.1 Å². The van der Waals surface area contributed by atoms with Crippen molar-refractivity contribution in [3.05, 3.63) is 29.6 Å². The highest BCUT2D eigenvalue weighted by atomic mass is 32.2. The molecule has 2 heterocycles. The van der Waals surface area contributed by atoms with Gasteiger partial charge in [0.2, 0.25) is 10.0 Å². The summed E-state index contributed by atoms with van der Waals surface area (Å²) in [6.07, 6.45) is 0.832. The van der Waals surface area contributed by atoms with E-state index in [1.807, 2.05) is 0 Å². The lowest BCUT2D eigenvalue weighted by Crippen LogP contribution is -2.27. The first kappa shape index (κ1) is 13.0. The molecule has 3 rings (SSSR count). The highest BCUT2D eigenvalue weighted by Gasteiger charge is 2.22. The number of sulfonamides is 1. The predicted octanol–water partition coefficient (Wildman–Crippen LogP) is 0.207. The summed E-state index contributed by atoms with van der Waals surface area (Å²) in [7, 11) is -3.61. The van der Waals surface area contributed by atoms with Gasteiger partial charge in [0.05, 0.1) is 10.9 Å². The summed E-state index contributed by atoms with van der Waals surface area (Å²) >= 11 is 0. The van der Waals surface area contributed by atoms with E-state index < -0.39 is 16.1 Å². The van der Waals surface area contributed by atoms with Crippen molar-refractivity contribution in [3.63, 3.8) is 0 Å². The number of rotatable bonds is 4. The van der Waals surface area contributed by atoms with Gasteiger partial charge < -0.3 is 5.32 Å². The number of hydrogen-bond donors (Lipinski definition) is 3. The van der Waals surface area contributed by atoms with Crippen LogP contribution in [-0.2, 0) is 16.4 Å². The monoisotopic (exact) mass is 294 g/mol. The molecule has 0 radical (unpaired) electrons. The van der Waals surface area contributed by atoms with Crippen molar-refractivity contribution in [3.8, 4) is 0 Å². The molecule has 0 fully saturated rings. The SMILES string of the molecule is CC(NS(=O)(=O)c1ccc2c(c1)CCN2)c1nn[nH]n1. The number of H-pyrrole nitrogens is 1. The molecule has 2 aromatic rings. The smallest absolute Gasteiger partial charge is 0.241 e. The van der Waals surface area contributed by atoms with Gasteiger partial charge in [-0.25, -0.2) is 13.1 Å². The summed E-state index contributed by atoms with van der Waals surface area (Å²) in [6, 6.07) is 4.52. The van der Waals surface area contributed by atoms with Gasteiger partial charge in [0.15, 0.2) is 5.82 Å². The van der Waals surface area contributed by atoms with Gasteiger partial charge in [0, 0.05) is 12.2 Å². The molecule has 8 nitrogen and oxygen atoms in total. The number of benzene rings is 1. The van der Waals surface area contributed by atoms with Crippen molar-refractivity contribution in [2.24, 2.45) is 0 Å². The first-order valence-corrected chi connectivity index (χ1v) is 7.67. The van der Waals surface area contributed by atoms with E-state index in [4.69, 9.17) is 0 Å². The minimum atomic E-state index is -3.61. The molecule has 0 aliphatic carbocycles. The Balaban J connectivity index is 1.85. The second-order valence-electron chi connectivity index (χ2n) is 4.61. The Morgan fingerprint density at radius 3 is 3.00 bits per heavy atom. The number of hydrogen-bond acceptors (Lipinski definition) is 6. The molecule has 20 heavy (non-hydrogen) atoms. The quantitative estimate of drug-likeness (QED) is 0.743. The van der Waals surface area contributed by atoms with Crippen LogP contribution in [-0.4, -0.2) is 35.6 Å². The van der Waals surface area contributed by atoms with Crippen molar-refractivity contribution >= 4 is 15.7 Å². The lowest BCUT2D eigenvalue weighted by atomic mass is 10.2. The summed E-state index contributed by atoms with van der Waals surface area (Å²) in [5, 5.41) is 16.4. The molecular formula is C11H14N6O2S. The zero-order valence-electron chi connectivity index (χ0n) is 10.8. The van der Waals surface area contributed by atoms with Crippen molar-refractivity contribution < 1.29 is 8.42 Å². The molecule has 0 amide bonds. The summed E-state index contributed by atoms with van der Waals surface area (Å²) in [6.45, 7) is 2.50. The molecule has 0 spiro atoms. The van der Waals surface area contributed by atoms with Crippen LogP contribution in [0, 0.1) is 0 Å². The zero-order chi connectivity index (χ0) is 14.2. The van der Waals surface area contributed by atoms with Crippen LogP contribution in [0.15, 0.2) is 23.1 Å². The van der Waals surface area contributed by atoms with Gasteiger partial charge in [-0.3, -0.25) is 0 Å². The van der Waals surface area contributed by atoms with Gasteiger partial charge in [-0.15, -0.1) is 10.2 Å². The molecule has 3 N–H and O–H groups in total. The molecule has 1 aliphatic heterocycles. The Labute approximate surface area is 116 Å². The lowest BCUT2D eigenvalue weighted by Gasteiger charge is -2.11. The average Bonchev–Trinajstić information content (AvgIpc) is 3.08. The number of anilines is 1. The number of nitrogens with zero attached hydrogens (tertiary/aromatic N) is 3. The number of nitrogens with one attached hydrogen (secondary N) is 3. The molecular weight excluding hydrogens is 280 g/mol. The van der Waals surface area contributed by atoms with Gasteiger partial charge in [-0.2, -0.15) is 5.21 Å². The maximum Gasteiger partial charge on any atom is 0.241 e. The normalized spacial score (nSPS) is 15.7. The zero-order valence-corrected chi connectivity index (χ0v) is 11.6. The molecule has 1 atom stereocenters. The fraction of sp³-hybridized carbons (Fsp3) is 0.364. The molecule has 106 valence electrons. The van der Waals surface area contributed by atoms with E-state index in [0.29, 0.717) is 5.82 Å². The van der Waals surface area contributed by atoms with Gasteiger partial charge in [-0.1, -0.05) is 5.21 Å². The van der Waals surface area contributed by atoms with Crippen molar-refractivity contribution in [1.29, 1.82) is 0 Å². The molecule has 1 unspecified atom stereocenters. The molecule has 1 aliphatic rings. The fourth-order valence-corrected chi connectivity index (χ4v) is 3.41. The van der Waals surface area contributed by atoms with Crippen LogP contribution < -0.4 is 10.0 Å². The lowest BCUT2D eigenvalue weighted by molar-refractivity contribution is 0.560. The third-order valence-electron chi connectivity index (χ3n) is 3.18. The van der Waals surface area contributed by atoms with Crippen LogP contribution in [0.4, 0.5) is 5.69 Å². The van der Waals surface area contributed by atoms with Crippen molar-refractivity contribution in [2.45, 2.75) is 24.3 Å². The highest BCUT2D eigenvalue weighted by molar-refractivity contribution is 7.89. The Bertz CT molecular complexity index is 713. The summed E-state index contributed by atoms with van der Waals surface area (Å²) in [5.74, 6) is 0.302. The minimum absolute atomic E-state index is 0.246. The second-order valence-corrected chi connectivity index (χ2v) is 6.32. The third-order valence-corrected chi connectivity index (χ3v) is 4.72. The van der Waals surface area contributed by atoms with E-state index in [1.165, 1.54) is 0 Å². The highest BCUT2D eigenvalue weighted by Crippen LogP contribution is 2.25. The van der Waals surface area contributed by atoms with Crippen LogP contribution >= 0.6 is 0 Å². The fourth-order valence-electron chi connectivity index (χ4n) is 2.15. The van der Waals surface area contributed by atoms with Crippen LogP contribution in [0.25, 0.3) is 0 Å². The molecule has 0 saturated carbocycles. The van der Waals surface area contributed by atoms with Crippen LogP contribution in [0.3, 0.4) is 0 Å². The summed E-state index contributed by atoms with van der Waals surface area (Å²) < 4.78 is 27.2. The topological polar surface area (TPSA) is 113 Å². The van der Waals surface area contributed by atoms with E-state index in [0.717, 1.165) is 24.2 Å². The Morgan fingerprint density at radius 1 is 1.40 bits per heavy atom. The summed E-state index contributed by atoms with van der Waals surface area (Å²) in [4.78, 5) is 0.246. The number of aromatic amines is 1. The standard InChI is InChI=1S/C11H14N6O2S/c1-7(11-13-16-17-14-11)15-20(18,19)9-2-3-10-8(6-9)4-5-12-10/h2-3,6-7,12,15H,4-5H2,1H3,(H,13,14,16,17).